The Kier molecular flexibility index (Phi) is 9.99. The lowest BCUT2D eigenvalue weighted by Gasteiger charge is -2.33. The molecule has 0 aliphatic heterocycles. The van der Waals surface area contributed by atoms with Gasteiger partial charge in [0.25, 0.3) is 0 Å². The van der Waals surface area contributed by atoms with Crippen LogP contribution in [0.4, 0.5) is 0 Å². The highest BCUT2D eigenvalue weighted by atomic mass is 35.5. The van der Waals surface area contributed by atoms with Gasteiger partial charge in [0.05, 0.1) is 25.7 Å². The molecule has 0 saturated heterocycles. The third-order valence-corrected chi connectivity index (χ3v) is 6.71. The standard InChI is InChI=1S/C31H33ClO4/c1-5-6-12-28(31(2,3)30(33)36-21-23-10-8-7-9-11-23)25-15-18-29(32)26(19-25)22-35-20-24-13-16-27(34-4)17-14-24/h1,7-11,13-19,28H,6,12,20-22H2,2-4H3. The van der Waals surface area contributed by atoms with Gasteiger partial charge in [0, 0.05) is 17.4 Å². The zero-order valence-electron chi connectivity index (χ0n) is 21.1. The molecule has 36 heavy (non-hydrogen) atoms. The van der Waals surface area contributed by atoms with Crippen LogP contribution in [0.3, 0.4) is 0 Å². The minimum atomic E-state index is -0.791. The molecule has 0 N–H and O–H groups in total. The molecule has 0 aliphatic rings. The molecule has 0 aliphatic carbocycles. The van der Waals surface area contributed by atoms with E-state index in [0.29, 0.717) is 31.1 Å². The number of esters is 1. The Morgan fingerprint density at radius 1 is 0.972 bits per heavy atom. The lowest BCUT2D eigenvalue weighted by Crippen LogP contribution is -2.33. The molecule has 0 bridgehead atoms. The molecule has 0 spiro atoms. The lowest BCUT2D eigenvalue weighted by atomic mass is 9.72. The smallest absolute Gasteiger partial charge is 0.312 e. The average Bonchev–Trinajstić information content (AvgIpc) is 2.90. The fourth-order valence-corrected chi connectivity index (χ4v) is 4.32. The predicted molar refractivity (Wildman–Crippen MR) is 144 cm³/mol. The second-order valence-electron chi connectivity index (χ2n) is 9.27. The van der Waals surface area contributed by atoms with E-state index in [9.17, 15) is 4.79 Å². The number of carbonyl (C=O) groups excluding carboxylic acids is 1. The van der Waals surface area contributed by atoms with Crippen LogP contribution < -0.4 is 4.74 Å². The van der Waals surface area contributed by atoms with Gasteiger partial charge in [-0.3, -0.25) is 4.79 Å². The van der Waals surface area contributed by atoms with Crippen molar-refractivity contribution in [3.63, 3.8) is 0 Å². The average molecular weight is 505 g/mol. The first-order chi connectivity index (χ1) is 17.3. The molecule has 0 heterocycles. The third-order valence-electron chi connectivity index (χ3n) is 6.34. The maximum absolute atomic E-state index is 13.2. The summed E-state index contributed by atoms with van der Waals surface area (Å²) in [6, 6.07) is 23.2. The number of ether oxygens (including phenoxy) is 3. The van der Waals surface area contributed by atoms with E-state index in [1.807, 2.05) is 86.6 Å². The molecule has 3 aromatic rings. The topological polar surface area (TPSA) is 44.8 Å². The van der Waals surface area contributed by atoms with E-state index in [4.69, 9.17) is 32.2 Å². The number of rotatable bonds is 12. The monoisotopic (exact) mass is 504 g/mol. The molecule has 4 nitrogen and oxygen atoms in total. The molecule has 3 rings (SSSR count). The van der Waals surface area contributed by atoms with Gasteiger partial charge < -0.3 is 14.2 Å². The number of hydrogen-bond acceptors (Lipinski definition) is 4. The lowest BCUT2D eigenvalue weighted by molar-refractivity contribution is -0.156. The maximum Gasteiger partial charge on any atom is 0.312 e. The molecule has 0 aromatic heterocycles. The van der Waals surface area contributed by atoms with E-state index in [0.717, 1.165) is 28.0 Å². The van der Waals surface area contributed by atoms with Gasteiger partial charge in [0.1, 0.15) is 12.4 Å². The van der Waals surface area contributed by atoms with Crippen LogP contribution >= 0.6 is 11.6 Å². The summed E-state index contributed by atoms with van der Waals surface area (Å²) in [5.74, 6) is 3.11. The highest BCUT2D eigenvalue weighted by molar-refractivity contribution is 6.31. The SMILES string of the molecule is C#CCCC(c1ccc(Cl)c(COCc2ccc(OC)cc2)c1)C(C)(C)C(=O)OCc1ccccc1. The zero-order chi connectivity index (χ0) is 26.0. The largest absolute Gasteiger partial charge is 0.497 e. The van der Waals surface area contributed by atoms with Gasteiger partial charge in [-0.25, -0.2) is 0 Å². The van der Waals surface area contributed by atoms with Crippen molar-refractivity contribution in [1.82, 2.24) is 0 Å². The number of carbonyl (C=O) groups is 1. The van der Waals surface area contributed by atoms with E-state index < -0.39 is 5.41 Å². The van der Waals surface area contributed by atoms with Crippen molar-refractivity contribution in [3.05, 3.63) is 100 Å². The molecule has 5 heteroatoms. The van der Waals surface area contributed by atoms with Crippen molar-refractivity contribution in [2.24, 2.45) is 5.41 Å². The first-order valence-electron chi connectivity index (χ1n) is 12.0. The van der Waals surface area contributed by atoms with E-state index in [2.05, 4.69) is 5.92 Å². The minimum Gasteiger partial charge on any atom is -0.497 e. The van der Waals surface area contributed by atoms with Crippen LogP contribution in [-0.4, -0.2) is 13.1 Å². The van der Waals surface area contributed by atoms with Crippen LogP contribution in [0.5, 0.6) is 5.75 Å². The molecule has 1 unspecified atom stereocenters. The van der Waals surface area contributed by atoms with E-state index in [-0.39, 0.29) is 18.5 Å². The van der Waals surface area contributed by atoms with Gasteiger partial charge in [0.2, 0.25) is 0 Å². The van der Waals surface area contributed by atoms with Crippen LogP contribution in [0.15, 0.2) is 72.8 Å². The van der Waals surface area contributed by atoms with Crippen LogP contribution in [0, 0.1) is 17.8 Å². The van der Waals surface area contributed by atoms with Gasteiger partial charge in [0.15, 0.2) is 0 Å². The highest BCUT2D eigenvalue weighted by Gasteiger charge is 2.39. The number of hydrogen-bond donors (Lipinski definition) is 0. The summed E-state index contributed by atoms with van der Waals surface area (Å²) >= 11 is 6.50. The van der Waals surface area contributed by atoms with Crippen LogP contribution in [0.2, 0.25) is 5.02 Å². The van der Waals surface area contributed by atoms with Crippen LogP contribution in [0.25, 0.3) is 0 Å². The molecular weight excluding hydrogens is 472 g/mol. The van der Waals surface area contributed by atoms with Crippen LogP contribution in [-0.2, 0) is 34.1 Å². The molecule has 0 fully saturated rings. The molecule has 3 aromatic carbocycles. The summed E-state index contributed by atoms with van der Waals surface area (Å²) in [5.41, 5.74) is 3.05. The summed E-state index contributed by atoms with van der Waals surface area (Å²) in [6.45, 7) is 4.85. The predicted octanol–water partition coefficient (Wildman–Crippen LogP) is 7.33. The number of benzene rings is 3. The van der Waals surface area contributed by atoms with Crippen molar-refractivity contribution < 1.29 is 19.0 Å². The molecule has 0 radical (unpaired) electrons. The van der Waals surface area contributed by atoms with Crippen molar-refractivity contribution >= 4 is 17.6 Å². The van der Waals surface area contributed by atoms with Gasteiger partial charge >= 0.3 is 5.97 Å². The van der Waals surface area contributed by atoms with E-state index in [1.165, 1.54) is 0 Å². The molecule has 1 atom stereocenters. The number of terminal acetylenes is 1. The van der Waals surface area contributed by atoms with Gasteiger partial charge in [-0.05, 0) is 60.7 Å². The Labute approximate surface area is 219 Å². The van der Waals surface area contributed by atoms with Crippen molar-refractivity contribution in [2.75, 3.05) is 7.11 Å². The van der Waals surface area contributed by atoms with Gasteiger partial charge in [-0.2, -0.15) is 0 Å². The summed E-state index contributed by atoms with van der Waals surface area (Å²) in [5, 5.41) is 0.619. The van der Waals surface area contributed by atoms with E-state index >= 15 is 0 Å². The Morgan fingerprint density at radius 3 is 2.33 bits per heavy atom. The zero-order valence-corrected chi connectivity index (χ0v) is 21.9. The fraction of sp³-hybridized carbons (Fsp3) is 0.323. The van der Waals surface area contributed by atoms with Gasteiger partial charge in [-0.1, -0.05) is 66.2 Å². The van der Waals surface area contributed by atoms with Crippen molar-refractivity contribution in [3.8, 4) is 18.1 Å². The summed E-state index contributed by atoms with van der Waals surface area (Å²) in [6.07, 6.45) is 6.79. The van der Waals surface area contributed by atoms with Gasteiger partial charge in [-0.15, -0.1) is 12.3 Å². The molecule has 0 saturated carbocycles. The Hall–Kier alpha value is -3.26. The molecular formula is C31H33ClO4. The molecule has 188 valence electrons. The molecule has 0 amide bonds. The summed E-state index contributed by atoms with van der Waals surface area (Å²) in [7, 11) is 1.64. The summed E-state index contributed by atoms with van der Waals surface area (Å²) < 4.78 is 16.9. The Bertz CT molecular complexity index is 1160. The normalized spacial score (nSPS) is 12.0. The second-order valence-corrected chi connectivity index (χ2v) is 9.68. The third kappa shape index (κ3) is 7.37. The number of methoxy groups -OCH3 is 1. The first kappa shape index (κ1) is 27.3. The Morgan fingerprint density at radius 2 is 1.67 bits per heavy atom. The maximum atomic E-state index is 13.2. The minimum absolute atomic E-state index is 0.144. The van der Waals surface area contributed by atoms with Crippen molar-refractivity contribution in [2.45, 2.75) is 52.4 Å². The van der Waals surface area contributed by atoms with E-state index in [1.54, 1.807) is 7.11 Å². The fourth-order valence-electron chi connectivity index (χ4n) is 4.15. The summed E-state index contributed by atoms with van der Waals surface area (Å²) in [4.78, 5) is 13.2. The quantitative estimate of drug-likeness (QED) is 0.191. The van der Waals surface area contributed by atoms with Crippen LogP contribution in [0.1, 0.15) is 54.9 Å². The number of halogens is 1. The Balaban J connectivity index is 1.73. The highest BCUT2D eigenvalue weighted by Crippen LogP contribution is 2.41. The van der Waals surface area contributed by atoms with Crippen molar-refractivity contribution in [1.29, 1.82) is 0 Å². The second kappa shape index (κ2) is 13.2. The first-order valence-corrected chi connectivity index (χ1v) is 12.4.